The molecular weight excluding hydrogens is 393 g/mol. The lowest BCUT2D eigenvalue weighted by Crippen LogP contribution is -2.43. The van der Waals surface area contributed by atoms with Crippen molar-refractivity contribution in [3.63, 3.8) is 0 Å². The molecule has 26 heavy (non-hydrogen) atoms. The maximum absolute atomic E-state index is 12.2. The molecule has 0 fully saturated rings. The van der Waals surface area contributed by atoms with Crippen LogP contribution in [0.5, 0.6) is 0 Å². The lowest BCUT2D eigenvalue weighted by Gasteiger charge is -2.10. The van der Waals surface area contributed by atoms with Crippen molar-refractivity contribution in [2.75, 3.05) is 5.32 Å². The van der Waals surface area contributed by atoms with Gasteiger partial charge in [-0.15, -0.1) is 0 Å². The van der Waals surface area contributed by atoms with Crippen LogP contribution < -0.4 is 16.2 Å². The molecule has 3 aromatic rings. The molecule has 0 atom stereocenters. The fourth-order valence-corrected chi connectivity index (χ4v) is 2.82. The Morgan fingerprint density at radius 1 is 0.962 bits per heavy atom. The van der Waals surface area contributed by atoms with E-state index in [0.29, 0.717) is 21.4 Å². The molecule has 3 rings (SSSR count). The number of rotatable bonds is 3. The van der Waals surface area contributed by atoms with Gasteiger partial charge in [0.25, 0.3) is 0 Å². The number of halogens is 2. The highest BCUT2D eigenvalue weighted by Gasteiger charge is 2.14. The fourth-order valence-electron chi connectivity index (χ4n) is 2.15. The number of amides is 1. The molecular formula is C18H13Cl2N3O2S. The molecule has 0 saturated heterocycles. The Hall–Kier alpha value is -2.54. The molecule has 5 nitrogen and oxygen atoms in total. The molecule has 2 aromatic carbocycles. The summed E-state index contributed by atoms with van der Waals surface area (Å²) >= 11 is 17.2. The van der Waals surface area contributed by atoms with Crippen LogP contribution in [-0.4, -0.2) is 11.0 Å². The number of benzene rings is 2. The van der Waals surface area contributed by atoms with Crippen LogP contribution in [0, 0.1) is 0 Å². The molecule has 0 bridgehead atoms. The van der Waals surface area contributed by atoms with E-state index in [-0.39, 0.29) is 10.9 Å². The van der Waals surface area contributed by atoms with Gasteiger partial charge in [0.2, 0.25) is 0 Å². The Balaban J connectivity index is 1.60. The number of carbonyl (C=O) groups is 1. The number of furan rings is 1. The monoisotopic (exact) mass is 405 g/mol. The van der Waals surface area contributed by atoms with Crippen molar-refractivity contribution in [3.05, 3.63) is 76.5 Å². The number of hydrogen-bond donors (Lipinski definition) is 3. The third-order valence-corrected chi connectivity index (χ3v) is 4.10. The summed E-state index contributed by atoms with van der Waals surface area (Å²) in [5.74, 6) is 0.0985. The molecule has 1 heterocycles. The molecule has 0 saturated carbocycles. The summed E-state index contributed by atoms with van der Waals surface area (Å²) in [4.78, 5) is 12.2. The second-order valence-electron chi connectivity index (χ2n) is 5.19. The van der Waals surface area contributed by atoms with Gasteiger partial charge in [-0.3, -0.25) is 15.6 Å². The summed E-state index contributed by atoms with van der Waals surface area (Å²) in [5.41, 5.74) is 6.53. The van der Waals surface area contributed by atoms with E-state index >= 15 is 0 Å². The average molecular weight is 406 g/mol. The first-order valence-electron chi connectivity index (χ1n) is 7.50. The molecule has 132 valence electrons. The van der Waals surface area contributed by atoms with Crippen molar-refractivity contribution >= 4 is 52.1 Å². The van der Waals surface area contributed by atoms with E-state index < -0.39 is 5.91 Å². The Morgan fingerprint density at radius 3 is 2.46 bits per heavy atom. The number of hydrogen-bond acceptors (Lipinski definition) is 3. The summed E-state index contributed by atoms with van der Waals surface area (Å²) in [7, 11) is 0. The first kappa shape index (κ1) is 18.3. The zero-order valence-electron chi connectivity index (χ0n) is 13.3. The van der Waals surface area contributed by atoms with Gasteiger partial charge in [-0.1, -0.05) is 41.4 Å². The van der Waals surface area contributed by atoms with Crippen LogP contribution in [0.4, 0.5) is 5.69 Å². The molecule has 0 spiro atoms. The minimum atomic E-state index is -0.474. The minimum absolute atomic E-state index is 0.112. The average Bonchev–Trinajstić information content (AvgIpc) is 3.10. The summed E-state index contributed by atoms with van der Waals surface area (Å²) in [5, 5.41) is 4.14. The second kappa shape index (κ2) is 8.23. The van der Waals surface area contributed by atoms with E-state index in [1.54, 1.807) is 30.3 Å². The van der Waals surface area contributed by atoms with Crippen LogP contribution in [-0.2, 0) is 0 Å². The predicted octanol–water partition coefficient (Wildman–Crippen LogP) is 4.88. The molecule has 0 unspecified atom stereocenters. The second-order valence-corrected chi connectivity index (χ2v) is 6.44. The Morgan fingerprint density at radius 2 is 1.73 bits per heavy atom. The zero-order chi connectivity index (χ0) is 18.5. The topological polar surface area (TPSA) is 66.3 Å². The Bertz CT molecular complexity index is 945. The molecule has 0 aliphatic carbocycles. The SMILES string of the molecule is O=C(NNC(=S)Nc1ccccc1)c1ccc(-c2ccc(Cl)cc2Cl)o1. The van der Waals surface area contributed by atoms with Gasteiger partial charge in [0, 0.05) is 16.3 Å². The van der Waals surface area contributed by atoms with Crippen LogP contribution >= 0.6 is 35.4 Å². The summed E-state index contributed by atoms with van der Waals surface area (Å²) in [6.45, 7) is 0. The lowest BCUT2D eigenvalue weighted by molar-refractivity contribution is 0.0917. The smallest absolute Gasteiger partial charge is 0.305 e. The van der Waals surface area contributed by atoms with Crippen molar-refractivity contribution in [1.29, 1.82) is 0 Å². The minimum Gasteiger partial charge on any atom is -0.451 e. The number of hydrazine groups is 1. The van der Waals surface area contributed by atoms with Gasteiger partial charge in [-0.25, -0.2) is 0 Å². The van der Waals surface area contributed by atoms with E-state index in [1.165, 1.54) is 0 Å². The van der Waals surface area contributed by atoms with Gasteiger partial charge in [0.15, 0.2) is 10.9 Å². The molecule has 3 N–H and O–H groups in total. The molecule has 0 aliphatic heterocycles. The third kappa shape index (κ3) is 4.54. The van der Waals surface area contributed by atoms with Gasteiger partial charge in [-0.05, 0) is 54.7 Å². The highest BCUT2D eigenvalue weighted by molar-refractivity contribution is 7.80. The standard InChI is InChI=1S/C18H13Cl2N3O2S/c19-11-6-7-13(14(20)10-11)15-8-9-16(25-15)17(24)22-23-18(26)21-12-4-2-1-3-5-12/h1-10H,(H,22,24)(H2,21,23,26). The molecule has 8 heteroatoms. The molecule has 1 aromatic heterocycles. The number of carbonyl (C=O) groups excluding carboxylic acids is 1. The van der Waals surface area contributed by atoms with Crippen molar-refractivity contribution in [1.82, 2.24) is 10.9 Å². The van der Waals surface area contributed by atoms with E-state index in [0.717, 1.165) is 5.69 Å². The first-order chi connectivity index (χ1) is 12.5. The van der Waals surface area contributed by atoms with Gasteiger partial charge in [0.1, 0.15) is 5.76 Å². The maximum Gasteiger partial charge on any atom is 0.305 e. The van der Waals surface area contributed by atoms with Gasteiger partial charge < -0.3 is 9.73 Å². The quantitative estimate of drug-likeness (QED) is 0.427. The van der Waals surface area contributed by atoms with E-state index in [2.05, 4.69) is 16.2 Å². The fraction of sp³-hybridized carbons (Fsp3) is 0. The highest BCUT2D eigenvalue weighted by Crippen LogP contribution is 2.31. The predicted molar refractivity (Wildman–Crippen MR) is 107 cm³/mol. The number of para-hydroxylation sites is 1. The summed E-state index contributed by atoms with van der Waals surface area (Å²) in [6.07, 6.45) is 0. The van der Waals surface area contributed by atoms with Crippen molar-refractivity contribution in [3.8, 4) is 11.3 Å². The first-order valence-corrected chi connectivity index (χ1v) is 8.67. The van der Waals surface area contributed by atoms with E-state index in [9.17, 15) is 4.79 Å². The van der Waals surface area contributed by atoms with Crippen LogP contribution in [0.2, 0.25) is 10.0 Å². The maximum atomic E-state index is 12.2. The van der Waals surface area contributed by atoms with E-state index in [4.69, 9.17) is 39.8 Å². The number of nitrogens with one attached hydrogen (secondary N) is 3. The number of anilines is 1. The van der Waals surface area contributed by atoms with Crippen molar-refractivity contribution < 1.29 is 9.21 Å². The summed E-state index contributed by atoms with van der Waals surface area (Å²) in [6, 6.07) is 17.6. The van der Waals surface area contributed by atoms with Crippen molar-refractivity contribution in [2.24, 2.45) is 0 Å². The van der Waals surface area contributed by atoms with E-state index in [1.807, 2.05) is 30.3 Å². The van der Waals surface area contributed by atoms with Crippen LogP contribution in [0.1, 0.15) is 10.6 Å². The molecule has 0 radical (unpaired) electrons. The van der Waals surface area contributed by atoms with Crippen LogP contribution in [0.15, 0.2) is 65.1 Å². The normalized spacial score (nSPS) is 10.2. The molecule has 1 amide bonds. The highest BCUT2D eigenvalue weighted by atomic mass is 35.5. The molecule has 0 aliphatic rings. The lowest BCUT2D eigenvalue weighted by atomic mass is 10.2. The summed E-state index contributed by atoms with van der Waals surface area (Å²) < 4.78 is 5.56. The third-order valence-electron chi connectivity index (χ3n) is 3.35. The Kier molecular flexibility index (Phi) is 5.78. The zero-order valence-corrected chi connectivity index (χ0v) is 15.6. The van der Waals surface area contributed by atoms with Crippen LogP contribution in [0.3, 0.4) is 0 Å². The Labute approximate surface area is 165 Å². The van der Waals surface area contributed by atoms with Gasteiger partial charge in [0.05, 0.1) is 5.02 Å². The van der Waals surface area contributed by atoms with Crippen LogP contribution in [0.25, 0.3) is 11.3 Å². The van der Waals surface area contributed by atoms with Crippen molar-refractivity contribution in [2.45, 2.75) is 0 Å². The largest absolute Gasteiger partial charge is 0.451 e. The van der Waals surface area contributed by atoms with Gasteiger partial charge >= 0.3 is 5.91 Å². The van der Waals surface area contributed by atoms with Gasteiger partial charge in [-0.2, -0.15) is 0 Å². The number of thiocarbonyl (C=S) groups is 1.